The maximum absolute atomic E-state index is 12.4. The lowest BCUT2D eigenvalue weighted by molar-refractivity contribution is -0.175. The van der Waals surface area contributed by atoms with Gasteiger partial charge >= 0.3 is 6.18 Å². The Labute approximate surface area is 76.9 Å². The van der Waals surface area contributed by atoms with Crippen LogP contribution >= 0.6 is 0 Å². The van der Waals surface area contributed by atoms with Crippen LogP contribution in [0.1, 0.15) is 32.6 Å². The van der Waals surface area contributed by atoms with Crippen molar-refractivity contribution in [1.82, 2.24) is 4.90 Å². The summed E-state index contributed by atoms with van der Waals surface area (Å²) in [7, 11) is 0. The first-order chi connectivity index (χ1) is 6.05. The molecule has 0 aromatic heterocycles. The van der Waals surface area contributed by atoms with Gasteiger partial charge in [0.1, 0.15) is 6.04 Å². The van der Waals surface area contributed by atoms with E-state index in [2.05, 4.69) is 0 Å². The van der Waals surface area contributed by atoms with Crippen molar-refractivity contribution in [3.8, 4) is 0 Å². The normalized spacial score (nSPS) is 25.4. The van der Waals surface area contributed by atoms with E-state index in [1.165, 1.54) is 0 Å². The van der Waals surface area contributed by atoms with E-state index in [9.17, 15) is 13.2 Å². The number of hydrogen-bond donors (Lipinski definition) is 0. The largest absolute Gasteiger partial charge is 0.404 e. The van der Waals surface area contributed by atoms with Crippen molar-refractivity contribution in [1.29, 1.82) is 0 Å². The predicted molar refractivity (Wildman–Crippen MR) is 45.6 cm³/mol. The molecule has 1 fully saturated rings. The van der Waals surface area contributed by atoms with Gasteiger partial charge in [0, 0.05) is 0 Å². The maximum atomic E-state index is 12.4. The van der Waals surface area contributed by atoms with Gasteiger partial charge in [-0.3, -0.25) is 4.90 Å². The summed E-state index contributed by atoms with van der Waals surface area (Å²) in [4.78, 5) is 1.57. The SMILES string of the molecule is CCCCN1CCC[C@@H]1C(F)(F)F. The number of alkyl halides is 3. The number of halogens is 3. The Bertz CT molecular complexity index is 155. The van der Waals surface area contributed by atoms with Gasteiger partial charge in [-0.15, -0.1) is 0 Å². The van der Waals surface area contributed by atoms with E-state index in [0.29, 0.717) is 19.5 Å². The molecule has 1 atom stereocenters. The molecule has 0 N–H and O–H groups in total. The van der Waals surface area contributed by atoms with Gasteiger partial charge in [-0.2, -0.15) is 13.2 Å². The van der Waals surface area contributed by atoms with E-state index in [1.807, 2.05) is 6.92 Å². The van der Waals surface area contributed by atoms with Crippen molar-refractivity contribution in [3.63, 3.8) is 0 Å². The number of rotatable bonds is 3. The highest BCUT2D eigenvalue weighted by molar-refractivity contribution is 4.84. The van der Waals surface area contributed by atoms with Crippen LogP contribution in [0.2, 0.25) is 0 Å². The van der Waals surface area contributed by atoms with Crippen molar-refractivity contribution in [2.45, 2.75) is 44.8 Å². The second kappa shape index (κ2) is 4.31. The molecular weight excluding hydrogens is 179 g/mol. The van der Waals surface area contributed by atoms with E-state index in [-0.39, 0.29) is 6.42 Å². The molecule has 1 heterocycles. The zero-order valence-electron chi connectivity index (χ0n) is 7.90. The summed E-state index contributed by atoms with van der Waals surface area (Å²) in [5.74, 6) is 0. The molecule has 1 rings (SSSR count). The van der Waals surface area contributed by atoms with E-state index in [4.69, 9.17) is 0 Å². The standard InChI is InChI=1S/C9H16F3N/c1-2-3-6-13-7-4-5-8(13)9(10,11)12/h8H,2-7H2,1H3/t8-/m1/s1. The molecule has 78 valence electrons. The molecule has 0 aliphatic carbocycles. The fourth-order valence-electron chi connectivity index (χ4n) is 1.83. The van der Waals surface area contributed by atoms with Crippen LogP contribution in [-0.4, -0.2) is 30.2 Å². The maximum Gasteiger partial charge on any atom is 0.404 e. The van der Waals surface area contributed by atoms with Gasteiger partial charge in [0.15, 0.2) is 0 Å². The third-order valence-electron chi connectivity index (χ3n) is 2.54. The molecule has 0 bridgehead atoms. The third kappa shape index (κ3) is 2.86. The van der Waals surface area contributed by atoms with E-state index >= 15 is 0 Å². The van der Waals surface area contributed by atoms with Gasteiger partial charge in [-0.25, -0.2) is 0 Å². The van der Waals surface area contributed by atoms with Crippen LogP contribution in [0.15, 0.2) is 0 Å². The van der Waals surface area contributed by atoms with Gasteiger partial charge < -0.3 is 0 Å². The summed E-state index contributed by atoms with van der Waals surface area (Å²) in [6.07, 6.45) is -1.22. The molecular formula is C9H16F3N. The lowest BCUT2D eigenvalue weighted by Gasteiger charge is -2.26. The zero-order valence-corrected chi connectivity index (χ0v) is 7.90. The van der Waals surface area contributed by atoms with Crippen LogP contribution in [0.3, 0.4) is 0 Å². The lowest BCUT2D eigenvalue weighted by atomic mass is 10.2. The molecule has 0 aromatic rings. The second-order valence-corrected chi connectivity index (χ2v) is 3.59. The summed E-state index contributed by atoms with van der Waals surface area (Å²) in [5, 5.41) is 0. The van der Waals surface area contributed by atoms with E-state index in [1.54, 1.807) is 4.90 Å². The highest BCUT2D eigenvalue weighted by Crippen LogP contribution is 2.32. The Hall–Kier alpha value is -0.250. The van der Waals surface area contributed by atoms with Crippen molar-refractivity contribution in [2.24, 2.45) is 0 Å². The van der Waals surface area contributed by atoms with Crippen LogP contribution < -0.4 is 0 Å². The van der Waals surface area contributed by atoms with Gasteiger partial charge in [-0.05, 0) is 32.4 Å². The van der Waals surface area contributed by atoms with Crippen LogP contribution in [0.25, 0.3) is 0 Å². The summed E-state index contributed by atoms with van der Waals surface area (Å²) < 4.78 is 37.2. The summed E-state index contributed by atoms with van der Waals surface area (Å²) in [5.41, 5.74) is 0. The predicted octanol–water partition coefficient (Wildman–Crippen LogP) is 2.81. The van der Waals surface area contributed by atoms with Gasteiger partial charge in [-0.1, -0.05) is 13.3 Å². The topological polar surface area (TPSA) is 3.24 Å². The fraction of sp³-hybridized carbons (Fsp3) is 1.00. The zero-order chi connectivity index (χ0) is 9.90. The molecule has 13 heavy (non-hydrogen) atoms. The monoisotopic (exact) mass is 195 g/mol. The Morgan fingerprint density at radius 1 is 1.38 bits per heavy atom. The third-order valence-corrected chi connectivity index (χ3v) is 2.54. The van der Waals surface area contributed by atoms with Crippen molar-refractivity contribution in [3.05, 3.63) is 0 Å². The first-order valence-corrected chi connectivity index (χ1v) is 4.86. The van der Waals surface area contributed by atoms with Crippen LogP contribution in [0.4, 0.5) is 13.2 Å². The van der Waals surface area contributed by atoms with Crippen molar-refractivity contribution >= 4 is 0 Å². The molecule has 1 saturated heterocycles. The van der Waals surface area contributed by atoms with Crippen LogP contribution in [-0.2, 0) is 0 Å². The molecule has 1 aliphatic rings. The summed E-state index contributed by atoms with van der Waals surface area (Å²) >= 11 is 0. The number of likely N-dealkylation sites (tertiary alicyclic amines) is 1. The molecule has 1 nitrogen and oxygen atoms in total. The second-order valence-electron chi connectivity index (χ2n) is 3.59. The van der Waals surface area contributed by atoms with Gasteiger partial charge in [0.25, 0.3) is 0 Å². The Morgan fingerprint density at radius 3 is 2.62 bits per heavy atom. The molecule has 0 aromatic carbocycles. The molecule has 1 aliphatic heterocycles. The van der Waals surface area contributed by atoms with E-state index in [0.717, 1.165) is 12.8 Å². The van der Waals surface area contributed by atoms with Crippen LogP contribution in [0.5, 0.6) is 0 Å². The fourth-order valence-corrected chi connectivity index (χ4v) is 1.83. The van der Waals surface area contributed by atoms with Crippen LogP contribution in [0, 0.1) is 0 Å². The first kappa shape index (κ1) is 10.8. The molecule has 0 spiro atoms. The highest BCUT2D eigenvalue weighted by Gasteiger charge is 2.45. The minimum atomic E-state index is -4.02. The number of unbranched alkanes of at least 4 members (excludes halogenated alkanes) is 1. The lowest BCUT2D eigenvalue weighted by Crippen LogP contribution is -2.41. The Balaban J connectivity index is 2.44. The number of nitrogens with zero attached hydrogens (tertiary/aromatic N) is 1. The average molecular weight is 195 g/mol. The first-order valence-electron chi connectivity index (χ1n) is 4.86. The van der Waals surface area contributed by atoms with Gasteiger partial charge in [0.2, 0.25) is 0 Å². The van der Waals surface area contributed by atoms with Crippen molar-refractivity contribution in [2.75, 3.05) is 13.1 Å². The van der Waals surface area contributed by atoms with Gasteiger partial charge in [0.05, 0.1) is 0 Å². The summed E-state index contributed by atoms with van der Waals surface area (Å²) in [6, 6.07) is -1.17. The summed E-state index contributed by atoms with van der Waals surface area (Å²) in [6.45, 7) is 3.21. The van der Waals surface area contributed by atoms with Crippen molar-refractivity contribution < 1.29 is 13.2 Å². The number of hydrogen-bond acceptors (Lipinski definition) is 1. The molecule has 0 radical (unpaired) electrons. The quantitative estimate of drug-likeness (QED) is 0.669. The Morgan fingerprint density at radius 2 is 2.08 bits per heavy atom. The molecule has 0 unspecified atom stereocenters. The highest BCUT2D eigenvalue weighted by atomic mass is 19.4. The minimum Gasteiger partial charge on any atom is -0.292 e. The molecule has 0 saturated carbocycles. The minimum absolute atomic E-state index is 0.285. The Kier molecular flexibility index (Phi) is 3.59. The molecule has 0 amide bonds. The average Bonchev–Trinajstić information content (AvgIpc) is 2.47. The smallest absolute Gasteiger partial charge is 0.292 e. The molecule has 4 heteroatoms. The van der Waals surface area contributed by atoms with E-state index < -0.39 is 12.2 Å².